The summed E-state index contributed by atoms with van der Waals surface area (Å²) in [5, 5.41) is 21.8. The molecular formula is C11H15NO4. The van der Waals surface area contributed by atoms with Gasteiger partial charge >= 0.3 is 0 Å². The van der Waals surface area contributed by atoms with Crippen LogP contribution in [0.1, 0.15) is 12.5 Å². The first-order valence-electron chi connectivity index (χ1n) is 5.17. The van der Waals surface area contributed by atoms with Crippen molar-refractivity contribution in [3.63, 3.8) is 0 Å². The van der Waals surface area contributed by atoms with E-state index in [1.54, 1.807) is 19.1 Å². The number of hydrogen-bond acceptors (Lipinski definition) is 5. The molecule has 0 bridgehead atoms. The number of hydrogen-bond donors (Lipinski definition) is 3. The van der Waals surface area contributed by atoms with Crippen LogP contribution in [0, 0.1) is 0 Å². The molecule has 1 aliphatic rings. The van der Waals surface area contributed by atoms with Crippen LogP contribution in [0.25, 0.3) is 0 Å². The third kappa shape index (κ3) is 2.37. The number of fused-ring (bicyclic) bond motifs is 1. The summed E-state index contributed by atoms with van der Waals surface area (Å²) >= 11 is 0. The Balaban J connectivity index is 2.04. The number of rotatable bonds is 4. The largest absolute Gasteiger partial charge is 0.507 e. The van der Waals surface area contributed by atoms with Gasteiger partial charge in [-0.3, -0.25) is 0 Å². The monoisotopic (exact) mass is 225 g/mol. The maximum Gasteiger partial charge on any atom is 0.231 e. The van der Waals surface area contributed by atoms with E-state index in [4.69, 9.17) is 14.6 Å². The maximum absolute atomic E-state index is 9.70. The third-order valence-corrected chi connectivity index (χ3v) is 2.33. The van der Waals surface area contributed by atoms with Crippen molar-refractivity contribution in [3.8, 4) is 17.2 Å². The number of nitrogens with one attached hydrogen (secondary N) is 1. The van der Waals surface area contributed by atoms with E-state index in [-0.39, 0.29) is 12.5 Å². The van der Waals surface area contributed by atoms with Crippen molar-refractivity contribution in [2.45, 2.75) is 19.6 Å². The molecular weight excluding hydrogens is 210 g/mol. The van der Waals surface area contributed by atoms with Crippen LogP contribution < -0.4 is 14.8 Å². The molecule has 1 aromatic carbocycles. The Bertz CT molecular complexity index is 378. The summed E-state index contributed by atoms with van der Waals surface area (Å²) in [4.78, 5) is 0. The van der Waals surface area contributed by atoms with Crippen molar-refractivity contribution < 1.29 is 19.7 Å². The van der Waals surface area contributed by atoms with E-state index in [1.807, 2.05) is 0 Å². The predicted octanol–water partition coefficient (Wildman–Crippen LogP) is 0.591. The summed E-state index contributed by atoms with van der Waals surface area (Å²) in [5.41, 5.74) is 0.727. The van der Waals surface area contributed by atoms with Gasteiger partial charge in [0.25, 0.3) is 0 Å². The van der Waals surface area contributed by atoms with Crippen molar-refractivity contribution in [2.75, 3.05) is 13.3 Å². The first-order valence-corrected chi connectivity index (χ1v) is 5.17. The third-order valence-electron chi connectivity index (χ3n) is 2.33. The SMILES string of the molecule is C[C@@H](O)CNCc1cc2c(cc1O)OCO2. The first kappa shape index (κ1) is 11.0. The van der Waals surface area contributed by atoms with Crippen LogP contribution in [0.4, 0.5) is 0 Å². The van der Waals surface area contributed by atoms with Gasteiger partial charge < -0.3 is 25.0 Å². The van der Waals surface area contributed by atoms with E-state index >= 15 is 0 Å². The number of benzene rings is 1. The Hall–Kier alpha value is -1.46. The van der Waals surface area contributed by atoms with Crippen molar-refractivity contribution in [1.82, 2.24) is 5.32 Å². The van der Waals surface area contributed by atoms with E-state index in [0.29, 0.717) is 24.6 Å². The first-order chi connectivity index (χ1) is 7.66. The smallest absolute Gasteiger partial charge is 0.231 e. The highest BCUT2D eigenvalue weighted by Crippen LogP contribution is 2.37. The average molecular weight is 225 g/mol. The molecule has 0 aromatic heterocycles. The Morgan fingerprint density at radius 3 is 2.75 bits per heavy atom. The van der Waals surface area contributed by atoms with E-state index < -0.39 is 6.10 Å². The molecule has 88 valence electrons. The summed E-state index contributed by atoms with van der Waals surface area (Å²) < 4.78 is 10.3. The molecule has 0 unspecified atom stereocenters. The van der Waals surface area contributed by atoms with Gasteiger partial charge in [0.1, 0.15) is 5.75 Å². The highest BCUT2D eigenvalue weighted by atomic mass is 16.7. The minimum absolute atomic E-state index is 0.169. The normalized spacial score (nSPS) is 15.1. The molecule has 1 atom stereocenters. The molecule has 3 N–H and O–H groups in total. The Morgan fingerprint density at radius 1 is 1.38 bits per heavy atom. The Morgan fingerprint density at radius 2 is 2.06 bits per heavy atom. The fourth-order valence-electron chi connectivity index (χ4n) is 1.53. The minimum Gasteiger partial charge on any atom is -0.507 e. The number of phenolic OH excluding ortho intramolecular Hbond substituents is 1. The molecule has 0 saturated heterocycles. The van der Waals surface area contributed by atoms with Crippen LogP contribution in [0.2, 0.25) is 0 Å². The molecule has 5 nitrogen and oxygen atoms in total. The standard InChI is InChI=1S/C11H15NO4/c1-7(13)4-12-5-8-2-10-11(3-9(8)14)16-6-15-10/h2-3,7,12-14H,4-6H2,1H3/t7-/m1/s1. The van der Waals surface area contributed by atoms with E-state index in [9.17, 15) is 5.11 Å². The molecule has 0 fully saturated rings. The van der Waals surface area contributed by atoms with Gasteiger partial charge in [0.15, 0.2) is 11.5 Å². The lowest BCUT2D eigenvalue weighted by atomic mass is 10.1. The van der Waals surface area contributed by atoms with Crippen LogP contribution in [-0.4, -0.2) is 29.7 Å². The van der Waals surface area contributed by atoms with Gasteiger partial charge in [0.2, 0.25) is 6.79 Å². The Kier molecular flexibility index (Phi) is 3.17. The molecule has 0 spiro atoms. The second kappa shape index (κ2) is 4.59. The molecule has 0 radical (unpaired) electrons. The quantitative estimate of drug-likeness (QED) is 0.699. The second-order valence-electron chi connectivity index (χ2n) is 3.81. The van der Waals surface area contributed by atoms with Crippen molar-refractivity contribution in [2.24, 2.45) is 0 Å². The van der Waals surface area contributed by atoms with Gasteiger partial charge in [-0.1, -0.05) is 0 Å². The summed E-state index contributed by atoms with van der Waals surface area (Å²) in [6, 6.07) is 3.29. The highest BCUT2D eigenvalue weighted by Gasteiger charge is 2.16. The lowest BCUT2D eigenvalue weighted by molar-refractivity contribution is 0.174. The summed E-state index contributed by atoms with van der Waals surface area (Å²) in [6.45, 7) is 2.85. The fraction of sp³-hybridized carbons (Fsp3) is 0.455. The van der Waals surface area contributed by atoms with Gasteiger partial charge in [0, 0.05) is 24.7 Å². The molecule has 1 aromatic rings. The molecule has 2 rings (SSSR count). The Labute approximate surface area is 93.6 Å². The summed E-state index contributed by atoms with van der Waals surface area (Å²) in [7, 11) is 0. The lowest BCUT2D eigenvalue weighted by Gasteiger charge is -2.09. The summed E-state index contributed by atoms with van der Waals surface area (Å²) in [5.74, 6) is 1.38. The number of phenols is 1. The van der Waals surface area contributed by atoms with E-state index in [2.05, 4.69) is 5.32 Å². The van der Waals surface area contributed by atoms with Gasteiger partial charge in [-0.2, -0.15) is 0 Å². The lowest BCUT2D eigenvalue weighted by Crippen LogP contribution is -2.23. The number of aliphatic hydroxyl groups excluding tert-OH is 1. The van der Waals surface area contributed by atoms with Crippen LogP contribution in [0.15, 0.2) is 12.1 Å². The van der Waals surface area contributed by atoms with Gasteiger partial charge in [-0.05, 0) is 13.0 Å². The van der Waals surface area contributed by atoms with Gasteiger partial charge in [-0.15, -0.1) is 0 Å². The number of ether oxygens (including phenoxy) is 2. The maximum atomic E-state index is 9.70. The topological polar surface area (TPSA) is 71.0 Å². The number of aliphatic hydroxyl groups is 1. The zero-order valence-corrected chi connectivity index (χ0v) is 9.06. The van der Waals surface area contributed by atoms with E-state index in [0.717, 1.165) is 5.56 Å². The molecule has 0 amide bonds. The van der Waals surface area contributed by atoms with Crippen LogP contribution in [-0.2, 0) is 6.54 Å². The van der Waals surface area contributed by atoms with E-state index in [1.165, 1.54) is 0 Å². The van der Waals surface area contributed by atoms with Crippen LogP contribution in [0.3, 0.4) is 0 Å². The average Bonchev–Trinajstić information content (AvgIpc) is 2.64. The van der Waals surface area contributed by atoms with Gasteiger partial charge in [-0.25, -0.2) is 0 Å². The van der Waals surface area contributed by atoms with Crippen molar-refractivity contribution in [1.29, 1.82) is 0 Å². The fourth-order valence-corrected chi connectivity index (χ4v) is 1.53. The van der Waals surface area contributed by atoms with Crippen molar-refractivity contribution >= 4 is 0 Å². The molecule has 0 saturated carbocycles. The highest BCUT2D eigenvalue weighted by molar-refractivity contribution is 5.51. The molecule has 0 aliphatic carbocycles. The van der Waals surface area contributed by atoms with Crippen molar-refractivity contribution in [3.05, 3.63) is 17.7 Å². The van der Waals surface area contributed by atoms with Crippen LogP contribution >= 0.6 is 0 Å². The minimum atomic E-state index is -0.406. The molecule has 16 heavy (non-hydrogen) atoms. The van der Waals surface area contributed by atoms with Gasteiger partial charge in [0.05, 0.1) is 6.10 Å². The summed E-state index contributed by atoms with van der Waals surface area (Å²) in [6.07, 6.45) is -0.406. The predicted molar refractivity (Wildman–Crippen MR) is 57.6 cm³/mol. The zero-order valence-electron chi connectivity index (χ0n) is 9.06. The second-order valence-corrected chi connectivity index (χ2v) is 3.81. The zero-order chi connectivity index (χ0) is 11.5. The number of aromatic hydroxyl groups is 1. The molecule has 1 aliphatic heterocycles. The molecule has 5 heteroatoms. The molecule has 1 heterocycles. The van der Waals surface area contributed by atoms with Crippen LogP contribution in [0.5, 0.6) is 17.2 Å².